The summed E-state index contributed by atoms with van der Waals surface area (Å²) in [4.78, 5) is 4.74. The highest BCUT2D eigenvalue weighted by Crippen LogP contribution is 2.23. The van der Waals surface area contributed by atoms with Crippen LogP contribution in [0.1, 0.15) is 33.4 Å². The summed E-state index contributed by atoms with van der Waals surface area (Å²) in [6, 6.07) is 49.9. The molecule has 0 amide bonds. The summed E-state index contributed by atoms with van der Waals surface area (Å²) < 4.78 is 39.1. The minimum Gasteiger partial charge on any atom is -0.492 e. The highest BCUT2D eigenvalue weighted by Gasteiger charge is 2.14. The lowest BCUT2D eigenvalue weighted by atomic mass is 10.2. The molecule has 0 fully saturated rings. The molecule has 9 rings (SSSR count). The van der Waals surface area contributed by atoms with Gasteiger partial charge in [-0.1, -0.05) is 109 Å². The van der Waals surface area contributed by atoms with Crippen LogP contribution in [0.3, 0.4) is 0 Å². The highest BCUT2D eigenvalue weighted by atomic mass is 16.5. The van der Waals surface area contributed by atoms with Gasteiger partial charge in [-0.05, 0) is 36.4 Å². The van der Waals surface area contributed by atoms with Gasteiger partial charge >= 0.3 is 0 Å². The van der Waals surface area contributed by atoms with E-state index in [2.05, 4.69) is 151 Å². The van der Waals surface area contributed by atoms with Gasteiger partial charge in [-0.2, -0.15) is 0 Å². The van der Waals surface area contributed by atoms with Gasteiger partial charge in [0.15, 0.2) is 0 Å². The highest BCUT2D eigenvalue weighted by molar-refractivity contribution is 5.37. The van der Waals surface area contributed by atoms with Crippen molar-refractivity contribution in [2.45, 2.75) is 39.3 Å². The van der Waals surface area contributed by atoms with Crippen molar-refractivity contribution in [2.24, 2.45) is 0 Å². The van der Waals surface area contributed by atoms with Crippen LogP contribution >= 0.6 is 0 Å². The van der Waals surface area contributed by atoms with Crippen LogP contribution in [0.5, 0.6) is 34.5 Å². The van der Waals surface area contributed by atoms with E-state index in [-0.39, 0.29) is 0 Å². The summed E-state index contributed by atoms with van der Waals surface area (Å²) >= 11 is 0. The molecule has 14 heteroatoms. The van der Waals surface area contributed by atoms with Crippen LogP contribution in [0.15, 0.2) is 146 Å². The Morgan fingerprint density at radius 2 is 0.392 bits per heavy atom. The molecule has 6 aromatic carbocycles. The number of nitrogens with one attached hydrogen (secondary N) is 6. The van der Waals surface area contributed by atoms with Gasteiger partial charge in [0.1, 0.15) is 74.1 Å². The van der Waals surface area contributed by atoms with Crippen molar-refractivity contribution in [2.75, 3.05) is 118 Å². The predicted octanol–water partition coefficient (Wildman–Crippen LogP) is 6.63. The van der Waals surface area contributed by atoms with Gasteiger partial charge in [0.2, 0.25) is 0 Å². The standard InChI is InChI=1S/C60H78N8O6/c1-7-19-55-49(13-1)43-61-25-26-62-44-50-14-2-8-20-56(50)72-40-34-68-35-41-73-59-23-11-5-17-53(59)47-65-29-27-63-45-51-15-3-9-21-57(51)70-38-32-67(31-37-69-55)33-39-71-58-22-10-4-16-52(58)46-64-28-30-66-48-54-18-6-12-24-60(54)74-42-36-68/h1-24,61-66H,25-48H2. The van der Waals surface area contributed by atoms with E-state index >= 15 is 0 Å². The molecule has 3 heterocycles. The molecule has 0 unspecified atom stereocenters. The topological polar surface area (TPSA) is 134 Å². The molecule has 6 N–H and O–H groups in total. The molecule has 0 saturated carbocycles. The Kier molecular flexibility index (Phi) is 23.0. The lowest BCUT2D eigenvalue weighted by Gasteiger charge is -2.24. The summed E-state index contributed by atoms with van der Waals surface area (Å²) in [5.74, 6) is 5.35. The fraction of sp³-hybridized carbons (Fsp3) is 0.400. The molecule has 6 aromatic rings. The summed E-state index contributed by atoms with van der Waals surface area (Å²) in [5, 5.41) is 21.8. The average molecular weight is 1010 g/mol. The third-order valence-corrected chi connectivity index (χ3v) is 13.2. The normalized spacial score (nSPS) is 19.5. The number of benzene rings is 6. The van der Waals surface area contributed by atoms with Crippen LogP contribution in [0.4, 0.5) is 0 Å². The number of para-hydroxylation sites is 6. The van der Waals surface area contributed by atoms with Crippen LogP contribution in [-0.4, -0.2) is 128 Å². The van der Waals surface area contributed by atoms with Crippen molar-refractivity contribution in [3.63, 3.8) is 0 Å². The number of fused-ring (bicyclic) bond motifs is 27. The van der Waals surface area contributed by atoms with Gasteiger partial charge in [0, 0.05) is 151 Å². The SMILES string of the molecule is c1ccc2c(c1)CNCCNCc1ccccc1OCCN1CCOc3ccccc3CNCCNCc3ccccc3OCCN(CCO2)CCOc2ccccc2CNCCNCc2ccccc2OCC1. The predicted molar refractivity (Wildman–Crippen MR) is 295 cm³/mol. The second-order valence-electron chi connectivity index (χ2n) is 18.5. The number of ether oxygens (including phenoxy) is 6. The van der Waals surface area contributed by atoms with Gasteiger partial charge in [0.25, 0.3) is 0 Å². The van der Waals surface area contributed by atoms with Gasteiger partial charge < -0.3 is 60.3 Å². The molecule has 394 valence electrons. The minimum absolute atomic E-state index is 0.526. The number of rotatable bonds is 0. The first-order valence-corrected chi connectivity index (χ1v) is 26.7. The first-order chi connectivity index (χ1) is 36.7. The Balaban J connectivity index is 1.01. The van der Waals surface area contributed by atoms with E-state index in [0.29, 0.717) is 118 Å². The lowest BCUT2D eigenvalue weighted by Crippen LogP contribution is -2.36. The number of hydrogen-bond donors (Lipinski definition) is 6. The zero-order valence-electron chi connectivity index (χ0n) is 43.2. The molecular formula is C60H78N8O6. The third-order valence-electron chi connectivity index (χ3n) is 13.2. The van der Waals surface area contributed by atoms with Crippen molar-refractivity contribution < 1.29 is 28.4 Å². The summed E-state index contributed by atoms with van der Waals surface area (Å²) in [7, 11) is 0. The lowest BCUT2D eigenvalue weighted by molar-refractivity contribution is 0.152. The van der Waals surface area contributed by atoms with Crippen molar-refractivity contribution >= 4 is 0 Å². The smallest absolute Gasteiger partial charge is 0.123 e. The van der Waals surface area contributed by atoms with E-state index in [0.717, 1.165) is 107 Å². The largest absolute Gasteiger partial charge is 0.492 e. The van der Waals surface area contributed by atoms with E-state index in [1.165, 1.54) is 0 Å². The Labute approximate surface area is 439 Å². The molecule has 3 aliphatic heterocycles. The molecule has 3 aliphatic rings. The van der Waals surface area contributed by atoms with E-state index in [1.807, 2.05) is 36.4 Å². The molecule has 0 atom stereocenters. The van der Waals surface area contributed by atoms with Gasteiger partial charge in [-0.15, -0.1) is 0 Å². The van der Waals surface area contributed by atoms with Crippen LogP contribution in [0, 0.1) is 0 Å². The van der Waals surface area contributed by atoms with E-state index in [9.17, 15) is 0 Å². The fourth-order valence-corrected chi connectivity index (χ4v) is 8.99. The van der Waals surface area contributed by atoms with E-state index in [4.69, 9.17) is 28.4 Å². The molecule has 0 saturated heterocycles. The second kappa shape index (κ2) is 31.5. The van der Waals surface area contributed by atoms with Crippen molar-refractivity contribution in [3.05, 3.63) is 179 Å². The third kappa shape index (κ3) is 18.3. The minimum atomic E-state index is 0.526. The van der Waals surface area contributed by atoms with Gasteiger partial charge in [-0.3, -0.25) is 9.80 Å². The molecule has 2 bridgehead atoms. The van der Waals surface area contributed by atoms with Crippen molar-refractivity contribution in [3.8, 4) is 34.5 Å². The molecule has 0 aromatic heterocycles. The van der Waals surface area contributed by atoms with Crippen LogP contribution in [0.2, 0.25) is 0 Å². The molecule has 74 heavy (non-hydrogen) atoms. The monoisotopic (exact) mass is 1010 g/mol. The second-order valence-corrected chi connectivity index (χ2v) is 18.5. The van der Waals surface area contributed by atoms with Crippen LogP contribution in [-0.2, 0) is 39.3 Å². The summed E-state index contributed by atoms with van der Waals surface area (Å²) in [5.41, 5.74) is 6.76. The number of nitrogens with zero attached hydrogens (tertiary/aromatic N) is 2. The maximum Gasteiger partial charge on any atom is 0.123 e. The maximum absolute atomic E-state index is 6.52. The maximum atomic E-state index is 6.52. The Bertz CT molecular complexity index is 2090. The van der Waals surface area contributed by atoms with Crippen LogP contribution < -0.4 is 60.3 Å². The van der Waals surface area contributed by atoms with Crippen molar-refractivity contribution in [1.82, 2.24) is 41.7 Å². The Morgan fingerprint density at radius 1 is 0.230 bits per heavy atom. The molecule has 0 aliphatic carbocycles. The van der Waals surface area contributed by atoms with Gasteiger partial charge in [0.05, 0.1) is 0 Å². The fourth-order valence-electron chi connectivity index (χ4n) is 8.99. The first kappa shape index (κ1) is 54.1. The first-order valence-electron chi connectivity index (χ1n) is 26.7. The van der Waals surface area contributed by atoms with E-state index < -0.39 is 0 Å². The molecule has 14 nitrogen and oxygen atoms in total. The quantitative estimate of drug-likeness (QED) is 0.0973. The van der Waals surface area contributed by atoms with Crippen LogP contribution in [0.25, 0.3) is 0 Å². The zero-order chi connectivity index (χ0) is 50.5. The number of hydrogen-bond acceptors (Lipinski definition) is 14. The van der Waals surface area contributed by atoms with Crippen molar-refractivity contribution in [1.29, 1.82) is 0 Å². The molecular weight excluding hydrogens is 929 g/mol. The average Bonchev–Trinajstić information content (AvgIpc) is 3.43. The summed E-state index contributed by atoms with van der Waals surface area (Å²) in [6.45, 7) is 16.4. The Hall–Kier alpha value is -6.20. The molecule has 0 radical (unpaired) electrons. The summed E-state index contributed by atoms with van der Waals surface area (Å²) in [6.07, 6.45) is 0. The van der Waals surface area contributed by atoms with Gasteiger partial charge in [-0.25, -0.2) is 0 Å². The Morgan fingerprint density at radius 3 is 0.568 bits per heavy atom. The zero-order valence-corrected chi connectivity index (χ0v) is 43.2. The molecule has 0 spiro atoms. The van der Waals surface area contributed by atoms with E-state index in [1.54, 1.807) is 0 Å².